The molecule has 0 aliphatic rings. The SMILES string of the molecule is CCCCn1c2cc(-c3cncc(OS(=O)(=O)F)c3)c(CC(C)C)cc2c(=O)c2c3ccc(C#N)cc3[nH]c21. The van der Waals surface area contributed by atoms with Gasteiger partial charge in [-0.1, -0.05) is 37.1 Å². The Morgan fingerprint density at radius 3 is 2.64 bits per heavy atom. The third-order valence-corrected chi connectivity index (χ3v) is 7.14. The quantitative estimate of drug-likeness (QED) is 0.233. The predicted octanol–water partition coefficient (Wildman–Crippen LogP) is 6.16. The van der Waals surface area contributed by atoms with Crippen LogP contribution in [-0.4, -0.2) is 23.0 Å². The largest absolute Gasteiger partial charge is 0.488 e. The fourth-order valence-corrected chi connectivity index (χ4v) is 5.45. The van der Waals surface area contributed by atoms with Gasteiger partial charge < -0.3 is 13.7 Å². The Morgan fingerprint density at radius 2 is 1.95 bits per heavy atom. The van der Waals surface area contributed by atoms with E-state index in [4.69, 9.17) is 0 Å². The molecule has 0 atom stereocenters. The van der Waals surface area contributed by atoms with Crippen LogP contribution in [0.1, 0.15) is 44.7 Å². The molecule has 0 aliphatic heterocycles. The molecule has 0 fully saturated rings. The van der Waals surface area contributed by atoms with Crippen LogP contribution < -0.4 is 9.61 Å². The van der Waals surface area contributed by atoms with Gasteiger partial charge in [0.25, 0.3) is 0 Å². The van der Waals surface area contributed by atoms with E-state index in [2.05, 4.69) is 45.6 Å². The van der Waals surface area contributed by atoms with Crippen LogP contribution in [0.15, 0.2) is 53.6 Å². The van der Waals surface area contributed by atoms with Crippen molar-refractivity contribution in [3.8, 4) is 22.9 Å². The first-order valence-corrected chi connectivity index (χ1v) is 14.0. The van der Waals surface area contributed by atoms with Gasteiger partial charge in [-0.15, -0.1) is 0 Å². The number of nitrogens with zero attached hydrogens (tertiary/aromatic N) is 3. The summed E-state index contributed by atoms with van der Waals surface area (Å²) in [6, 6.07) is 12.7. The number of pyridine rings is 2. The molecule has 0 spiro atoms. The van der Waals surface area contributed by atoms with E-state index < -0.39 is 10.5 Å². The Hall–Kier alpha value is -4.23. The average Bonchev–Trinajstić information content (AvgIpc) is 3.26. The standard InChI is InChI=1S/C29H27FN4O4S/c1-4-5-8-34-26-13-23(20-11-21(16-32-15-20)38-39(30,36)37)19(9-17(2)3)12-24(26)28(35)27-22-7-6-18(14-31)10-25(22)33-29(27)34/h6-7,10-13,15-17,33H,4-5,8-9H2,1-3H3. The van der Waals surface area contributed by atoms with Crippen LogP contribution in [0.4, 0.5) is 3.89 Å². The number of halogens is 1. The van der Waals surface area contributed by atoms with Gasteiger partial charge >= 0.3 is 10.5 Å². The van der Waals surface area contributed by atoms with Crippen molar-refractivity contribution in [1.82, 2.24) is 14.5 Å². The molecule has 0 aliphatic carbocycles. The van der Waals surface area contributed by atoms with E-state index in [0.29, 0.717) is 51.5 Å². The number of aryl methyl sites for hydroxylation is 1. The lowest BCUT2D eigenvalue weighted by molar-refractivity contribution is 0.439. The van der Waals surface area contributed by atoms with Gasteiger partial charge in [0.15, 0.2) is 11.2 Å². The lowest BCUT2D eigenvalue weighted by Crippen LogP contribution is -2.13. The number of hydrogen-bond acceptors (Lipinski definition) is 6. The molecule has 0 bridgehead atoms. The fraction of sp³-hybridized carbons (Fsp3) is 0.276. The summed E-state index contributed by atoms with van der Waals surface area (Å²) in [7, 11) is -5.21. The van der Waals surface area contributed by atoms with Crippen molar-refractivity contribution in [1.29, 1.82) is 5.26 Å². The summed E-state index contributed by atoms with van der Waals surface area (Å²) in [5, 5.41) is 11.3. The molecule has 5 aromatic rings. The third-order valence-electron chi connectivity index (χ3n) is 6.75. The average molecular weight is 547 g/mol. The maximum Gasteiger partial charge on any atom is 0.488 e. The van der Waals surface area contributed by atoms with Crippen molar-refractivity contribution in [2.24, 2.45) is 5.92 Å². The monoisotopic (exact) mass is 546 g/mol. The molecule has 39 heavy (non-hydrogen) atoms. The summed E-state index contributed by atoms with van der Waals surface area (Å²) in [5.41, 5.74) is 4.65. The van der Waals surface area contributed by atoms with Gasteiger partial charge in [0.05, 0.1) is 28.7 Å². The van der Waals surface area contributed by atoms with Crippen molar-refractivity contribution in [2.45, 2.75) is 46.6 Å². The number of aromatic amines is 1. The zero-order valence-corrected chi connectivity index (χ0v) is 22.6. The van der Waals surface area contributed by atoms with E-state index in [0.717, 1.165) is 35.6 Å². The predicted molar refractivity (Wildman–Crippen MR) is 150 cm³/mol. The van der Waals surface area contributed by atoms with Gasteiger partial charge in [0.1, 0.15) is 5.65 Å². The summed E-state index contributed by atoms with van der Waals surface area (Å²) < 4.78 is 41.9. The highest BCUT2D eigenvalue weighted by Gasteiger charge is 2.20. The van der Waals surface area contributed by atoms with E-state index in [-0.39, 0.29) is 17.1 Å². The summed E-state index contributed by atoms with van der Waals surface area (Å²) in [5.74, 6) is 0.0108. The number of fused-ring (bicyclic) bond motifs is 4. The highest BCUT2D eigenvalue weighted by Crippen LogP contribution is 2.34. The number of aromatic nitrogens is 3. The van der Waals surface area contributed by atoms with Crippen LogP contribution in [0.2, 0.25) is 0 Å². The molecule has 2 aromatic carbocycles. The minimum absolute atomic E-state index is 0.112. The first kappa shape index (κ1) is 26.4. The number of nitriles is 1. The van der Waals surface area contributed by atoms with Crippen molar-refractivity contribution < 1.29 is 16.5 Å². The molecule has 3 aromatic heterocycles. The molecule has 0 unspecified atom stereocenters. The van der Waals surface area contributed by atoms with E-state index in [9.17, 15) is 22.4 Å². The molecule has 10 heteroatoms. The Kier molecular flexibility index (Phi) is 6.87. The van der Waals surface area contributed by atoms with E-state index in [1.165, 1.54) is 6.07 Å². The molecular formula is C29H27FN4O4S. The number of rotatable bonds is 8. The van der Waals surface area contributed by atoms with Crippen LogP contribution in [0, 0.1) is 17.2 Å². The van der Waals surface area contributed by atoms with Gasteiger partial charge in [-0.2, -0.15) is 13.7 Å². The molecule has 0 radical (unpaired) electrons. The van der Waals surface area contributed by atoms with Crippen LogP contribution in [0.25, 0.3) is 44.0 Å². The van der Waals surface area contributed by atoms with Crippen molar-refractivity contribution in [3.05, 3.63) is 70.1 Å². The van der Waals surface area contributed by atoms with Crippen LogP contribution in [-0.2, 0) is 23.5 Å². The zero-order chi connectivity index (χ0) is 27.9. The molecule has 0 saturated heterocycles. The summed E-state index contributed by atoms with van der Waals surface area (Å²) in [4.78, 5) is 21.4. The smallest absolute Gasteiger partial charge is 0.357 e. The second-order valence-electron chi connectivity index (χ2n) is 10.1. The first-order chi connectivity index (χ1) is 18.6. The highest BCUT2D eigenvalue weighted by molar-refractivity contribution is 7.81. The molecule has 5 rings (SSSR count). The molecular weight excluding hydrogens is 519 g/mol. The third kappa shape index (κ3) is 5.10. The van der Waals surface area contributed by atoms with Crippen LogP contribution >= 0.6 is 0 Å². The normalized spacial score (nSPS) is 12.0. The minimum atomic E-state index is -5.21. The fourth-order valence-electron chi connectivity index (χ4n) is 5.13. The van der Waals surface area contributed by atoms with E-state index in [1.807, 2.05) is 18.2 Å². The second kappa shape index (κ2) is 10.2. The zero-order valence-electron chi connectivity index (χ0n) is 21.8. The Balaban J connectivity index is 1.86. The maximum atomic E-state index is 14.0. The molecule has 1 N–H and O–H groups in total. The van der Waals surface area contributed by atoms with Crippen molar-refractivity contribution in [2.75, 3.05) is 0 Å². The van der Waals surface area contributed by atoms with Gasteiger partial charge in [0.2, 0.25) is 0 Å². The lowest BCUT2D eigenvalue weighted by atomic mass is 9.92. The van der Waals surface area contributed by atoms with Gasteiger partial charge in [-0.05, 0) is 60.2 Å². The van der Waals surface area contributed by atoms with Crippen molar-refractivity contribution >= 4 is 43.3 Å². The Morgan fingerprint density at radius 1 is 1.15 bits per heavy atom. The number of H-pyrrole nitrogens is 1. The Labute approximate surface area is 225 Å². The minimum Gasteiger partial charge on any atom is -0.357 e. The van der Waals surface area contributed by atoms with Crippen LogP contribution in [0.3, 0.4) is 0 Å². The van der Waals surface area contributed by atoms with E-state index >= 15 is 0 Å². The Bertz CT molecular complexity index is 1950. The number of hydrogen-bond donors (Lipinski definition) is 1. The maximum absolute atomic E-state index is 14.0. The van der Waals surface area contributed by atoms with Gasteiger partial charge in [0, 0.05) is 34.6 Å². The highest BCUT2D eigenvalue weighted by atomic mass is 32.3. The first-order valence-electron chi connectivity index (χ1n) is 12.7. The molecule has 200 valence electrons. The van der Waals surface area contributed by atoms with Gasteiger partial charge in [-0.25, -0.2) is 0 Å². The molecule has 0 saturated carbocycles. The van der Waals surface area contributed by atoms with Crippen LogP contribution in [0.5, 0.6) is 5.75 Å². The number of nitrogens with one attached hydrogen (secondary N) is 1. The van der Waals surface area contributed by atoms with Crippen molar-refractivity contribution in [3.63, 3.8) is 0 Å². The second-order valence-corrected chi connectivity index (χ2v) is 11.0. The lowest BCUT2D eigenvalue weighted by Gasteiger charge is -2.18. The molecule has 8 nitrogen and oxygen atoms in total. The number of unbranched alkanes of at least 4 members (excludes halogenated alkanes) is 1. The van der Waals surface area contributed by atoms with E-state index in [1.54, 1.807) is 18.3 Å². The summed E-state index contributed by atoms with van der Waals surface area (Å²) in [6.07, 6.45) is 5.14. The topological polar surface area (TPSA) is 118 Å². The number of benzene rings is 2. The van der Waals surface area contributed by atoms with Gasteiger partial charge in [-0.3, -0.25) is 9.78 Å². The summed E-state index contributed by atoms with van der Waals surface area (Å²) in [6.45, 7) is 6.87. The summed E-state index contributed by atoms with van der Waals surface area (Å²) >= 11 is 0. The molecule has 3 heterocycles. The molecule has 0 amide bonds.